The Morgan fingerprint density at radius 3 is 2.61 bits per heavy atom. The van der Waals surface area contributed by atoms with E-state index < -0.39 is 0 Å². The maximum absolute atomic E-state index is 12.3. The molecule has 1 aromatic heterocycles. The molecule has 0 saturated heterocycles. The molecule has 1 heterocycles. The van der Waals surface area contributed by atoms with E-state index >= 15 is 0 Å². The molecule has 150 valence electrons. The van der Waals surface area contributed by atoms with Crippen molar-refractivity contribution in [2.75, 3.05) is 20.8 Å². The molecule has 0 aliphatic heterocycles. The molecule has 0 atom stereocenters. The van der Waals surface area contributed by atoms with Gasteiger partial charge in [-0.3, -0.25) is 14.2 Å². The molecule has 1 aliphatic rings. The van der Waals surface area contributed by atoms with E-state index in [-0.39, 0.29) is 17.9 Å². The van der Waals surface area contributed by atoms with Crippen molar-refractivity contribution in [1.82, 2.24) is 14.9 Å². The predicted molar refractivity (Wildman–Crippen MR) is 106 cm³/mol. The first-order valence-electron chi connectivity index (χ1n) is 9.64. The molecule has 7 nitrogen and oxygen atoms in total. The van der Waals surface area contributed by atoms with Crippen LogP contribution in [0.2, 0.25) is 0 Å². The van der Waals surface area contributed by atoms with Crippen LogP contribution >= 0.6 is 0 Å². The summed E-state index contributed by atoms with van der Waals surface area (Å²) in [6, 6.07) is 7.03. The molecule has 2 aromatic rings. The molecule has 0 bridgehead atoms. The van der Waals surface area contributed by atoms with E-state index in [2.05, 4.69) is 10.3 Å². The summed E-state index contributed by atoms with van der Waals surface area (Å²) in [5.41, 5.74) is 1.66. The number of hydrogen-bond acceptors (Lipinski definition) is 5. The van der Waals surface area contributed by atoms with Crippen LogP contribution in [0.15, 0.2) is 35.4 Å². The van der Waals surface area contributed by atoms with Crippen LogP contribution in [0.4, 0.5) is 0 Å². The van der Waals surface area contributed by atoms with Gasteiger partial charge in [-0.15, -0.1) is 0 Å². The van der Waals surface area contributed by atoms with Crippen LogP contribution in [-0.2, 0) is 17.8 Å². The van der Waals surface area contributed by atoms with Gasteiger partial charge in [-0.25, -0.2) is 4.98 Å². The standard InChI is InChI=1S/C21H27N3O4/c1-27-18-8-7-15(11-19(18)28-2)12-20(25)22-9-10-24-14-23-17(13-21(24)26)16-5-3-4-6-16/h7-8,11,13-14,16H,3-6,9-10,12H2,1-2H3,(H,22,25). The molecule has 1 fully saturated rings. The molecule has 3 rings (SSSR count). The first-order valence-corrected chi connectivity index (χ1v) is 9.64. The fourth-order valence-electron chi connectivity index (χ4n) is 3.61. The van der Waals surface area contributed by atoms with Gasteiger partial charge >= 0.3 is 0 Å². The quantitative estimate of drug-likeness (QED) is 0.754. The summed E-state index contributed by atoms with van der Waals surface area (Å²) in [4.78, 5) is 28.9. The monoisotopic (exact) mass is 385 g/mol. The topological polar surface area (TPSA) is 82.5 Å². The van der Waals surface area contributed by atoms with Gasteiger partial charge in [0.2, 0.25) is 5.91 Å². The zero-order valence-electron chi connectivity index (χ0n) is 16.4. The van der Waals surface area contributed by atoms with E-state index in [0.717, 1.165) is 24.1 Å². The fourth-order valence-corrected chi connectivity index (χ4v) is 3.61. The Labute approximate surface area is 164 Å². The maximum Gasteiger partial charge on any atom is 0.253 e. The number of aromatic nitrogens is 2. The number of nitrogens with one attached hydrogen (secondary N) is 1. The van der Waals surface area contributed by atoms with Crippen LogP contribution in [0.1, 0.15) is 42.9 Å². The van der Waals surface area contributed by atoms with Gasteiger partial charge in [0.1, 0.15) is 0 Å². The fraction of sp³-hybridized carbons (Fsp3) is 0.476. The minimum atomic E-state index is -0.115. The van der Waals surface area contributed by atoms with E-state index in [9.17, 15) is 9.59 Å². The molecule has 7 heteroatoms. The lowest BCUT2D eigenvalue weighted by Gasteiger charge is -2.11. The Balaban J connectivity index is 1.50. The number of nitrogens with zero attached hydrogens (tertiary/aromatic N) is 2. The highest BCUT2D eigenvalue weighted by Crippen LogP contribution is 2.32. The summed E-state index contributed by atoms with van der Waals surface area (Å²) < 4.78 is 12.0. The Kier molecular flexibility index (Phi) is 6.68. The number of carbonyl (C=O) groups excluding carboxylic acids is 1. The molecule has 1 saturated carbocycles. The van der Waals surface area contributed by atoms with Gasteiger partial charge in [0.05, 0.1) is 32.7 Å². The van der Waals surface area contributed by atoms with E-state index in [1.165, 1.54) is 17.4 Å². The molecule has 1 aliphatic carbocycles. The minimum absolute atomic E-state index is 0.0639. The second-order valence-electron chi connectivity index (χ2n) is 7.04. The van der Waals surface area contributed by atoms with Gasteiger partial charge in [-0.2, -0.15) is 0 Å². The van der Waals surface area contributed by atoms with Crippen LogP contribution in [0.5, 0.6) is 11.5 Å². The molecular formula is C21H27N3O4. The SMILES string of the molecule is COc1ccc(CC(=O)NCCn2cnc(C3CCCC3)cc2=O)cc1OC. The third kappa shape index (κ3) is 4.91. The van der Waals surface area contributed by atoms with E-state index in [0.29, 0.717) is 30.5 Å². The average molecular weight is 385 g/mol. The third-order valence-electron chi connectivity index (χ3n) is 5.16. The van der Waals surface area contributed by atoms with E-state index in [4.69, 9.17) is 9.47 Å². The predicted octanol–water partition coefficient (Wildman–Crippen LogP) is 2.28. The third-order valence-corrected chi connectivity index (χ3v) is 5.16. The molecule has 1 amide bonds. The van der Waals surface area contributed by atoms with Gasteiger partial charge < -0.3 is 14.8 Å². The highest BCUT2D eigenvalue weighted by Gasteiger charge is 2.18. The van der Waals surface area contributed by atoms with Crippen LogP contribution in [0.25, 0.3) is 0 Å². The number of rotatable bonds is 8. The lowest BCUT2D eigenvalue weighted by molar-refractivity contribution is -0.120. The van der Waals surface area contributed by atoms with Crippen molar-refractivity contribution in [3.8, 4) is 11.5 Å². The maximum atomic E-state index is 12.3. The summed E-state index contributed by atoms with van der Waals surface area (Å²) in [6.45, 7) is 0.769. The number of ether oxygens (including phenoxy) is 2. The minimum Gasteiger partial charge on any atom is -0.493 e. The normalized spacial score (nSPS) is 14.1. The Morgan fingerprint density at radius 2 is 1.93 bits per heavy atom. The van der Waals surface area contributed by atoms with Crippen molar-refractivity contribution in [3.63, 3.8) is 0 Å². The van der Waals surface area contributed by atoms with Crippen LogP contribution in [0, 0.1) is 0 Å². The molecular weight excluding hydrogens is 358 g/mol. The second-order valence-corrected chi connectivity index (χ2v) is 7.04. The van der Waals surface area contributed by atoms with Gasteiger partial charge in [0.15, 0.2) is 11.5 Å². The molecule has 0 spiro atoms. The zero-order valence-corrected chi connectivity index (χ0v) is 16.4. The highest BCUT2D eigenvalue weighted by molar-refractivity contribution is 5.78. The van der Waals surface area contributed by atoms with Gasteiger partial charge in [-0.05, 0) is 30.5 Å². The average Bonchev–Trinajstić information content (AvgIpc) is 3.24. The molecule has 0 unspecified atom stereocenters. The van der Waals surface area contributed by atoms with E-state index in [1.54, 1.807) is 38.7 Å². The highest BCUT2D eigenvalue weighted by atomic mass is 16.5. The zero-order chi connectivity index (χ0) is 19.9. The van der Waals surface area contributed by atoms with Crippen molar-refractivity contribution >= 4 is 5.91 Å². The smallest absolute Gasteiger partial charge is 0.253 e. The van der Waals surface area contributed by atoms with Crippen molar-refractivity contribution in [2.24, 2.45) is 0 Å². The van der Waals surface area contributed by atoms with Crippen molar-refractivity contribution < 1.29 is 14.3 Å². The number of benzene rings is 1. The summed E-state index contributed by atoms with van der Waals surface area (Å²) >= 11 is 0. The van der Waals surface area contributed by atoms with Crippen molar-refractivity contribution in [1.29, 1.82) is 0 Å². The molecule has 28 heavy (non-hydrogen) atoms. The Bertz CT molecular complexity index is 872. The van der Waals surface area contributed by atoms with Crippen molar-refractivity contribution in [3.05, 3.63) is 52.2 Å². The van der Waals surface area contributed by atoms with Gasteiger partial charge in [0.25, 0.3) is 5.56 Å². The lowest BCUT2D eigenvalue weighted by atomic mass is 10.0. The number of amides is 1. The summed E-state index contributed by atoms with van der Waals surface area (Å²) in [5.74, 6) is 1.52. The van der Waals surface area contributed by atoms with Crippen molar-refractivity contribution in [2.45, 2.75) is 44.6 Å². The van der Waals surface area contributed by atoms with Crippen LogP contribution in [-0.4, -0.2) is 36.2 Å². The van der Waals surface area contributed by atoms with E-state index in [1.807, 2.05) is 6.07 Å². The Hall–Kier alpha value is -2.83. The number of methoxy groups -OCH3 is 2. The molecule has 1 aromatic carbocycles. The van der Waals surface area contributed by atoms with Crippen LogP contribution in [0.3, 0.4) is 0 Å². The van der Waals surface area contributed by atoms with Gasteiger partial charge in [0, 0.05) is 25.1 Å². The summed E-state index contributed by atoms with van der Waals surface area (Å²) in [5, 5.41) is 2.84. The second kappa shape index (κ2) is 9.39. The number of hydrogen-bond donors (Lipinski definition) is 1. The molecule has 1 N–H and O–H groups in total. The largest absolute Gasteiger partial charge is 0.493 e. The lowest BCUT2D eigenvalue weighted by Crippen LogP contribution is -2.32. The summed E-state index contributed by atoms with van der Waals surface area (Å²) in [7, 11) is 3.13. The first kappa shape index (κ1) is 19.9. The first-order chi connectivity index (χ1) is 13.6. The number of carbonyl (C=O) groups is 1. The molecule has 0 radical (unpaired) electrons. The summed E-state index contributed by atoms with van der Waals surface area (Å²) in [6.07, 6.45) is 6.47. The Morgan fingerprint density at radius 1 is 1.18 bits per heavy atom. The van der Waals surface area contributed by atoms with Crippen LogP contribution < -0.4 is 20.3 Å². The van der Waals surface area contributed by atoms with Gasteiger partial charge in [-0.1, -0.05) is 18.9 Å².